The molecular formula is C9H9KOS. The molecule has 0 fully saturated rings. The summed E-state index contributed by atoms with van der Waals surface area (Å²) in [5, 5.41) is 10.1. The topological polar surface area (TPSA) is 23.1 Å². The van der Waals surface area contributed by atoms with E-state index < -0.39 is 0 Å². The minimum Gasteiger partial charge on any atom is -0.878 e. The van der Waals surface area contributed by atoms with E-state index in [1.807, 2.05) is 24.3 Å². The fourth-order valence-corrected chi connectivity index (χ4v) is 1.02. The Balaban J connectivity index is 0.00000121. The maximum atomic E-state index is 10.1. The predicted molar refractivity (Wildman–Crippen MR) is 48.2 cm³/mol. The van der Waals surface area contributed by atoms with Crippen LogP contribution >= 0.6 is 12.6 Å². The molecule has 0 amide bonds. The van der Waals surface area contributed by atoms with Crippen LogP contribution in [0.15, 0.2) is 30.5 Å². The summed E-state index contributed by atoms with van der Waals surface area (Å²) >= 11 is 4.12. The second kappa shape index (κ2) is 7.18. The van der Waals surface area contributed by atoms with Crippen LogP contribution in [0.25, 0.3) is 6.08 Å². The van der Waals surface area contributed by atoms with Crippen molar-refractivity contribution in [3.63, 3.8) is 0 Å². The molecule has 0 aliphatic carbocycles. The average molecular weight is 204 g/mol. The predicted octanol–water partition coefficient (Wildman–Crippen LogP) is -1.55. The molecule has 0 bridgehead atoms. The molecular weight excluding hydrogens is 195 g/mol. The fraction of sp³-hybridized carbons (Fsp3) is 0.111. The maximum absolute atomic E-state index is 10.1. The van der Waals surface area contributed by atoms with Gasteiger partial charge in [-0.05, 0) is 11.1 Å². The third kappa shape index (κ3) is 4.12. The van der Waals surface area contributed by atoms with Crippen LogP contribution in [0.2, 0.25) is 0 Å². The van der Waals surface area contributed by atoms with Gasteiger partial charge in [0.2, 0.25) is 0 Å². The van der Waals surface area contributed by atoms with Crippen molar-refractivity contribution in [3.8, 4) is 0 Å². The first kappa shape index (κ1) is 12.7. The van der Waals surface area contributed by atoms with Crippen LogP contribution in [0.4, 0.5) is 0 Å². The summed E-state index contributed by atoms with van der Waals surface area (Å²) in [7, 11) is 0. The van der Waals surface area contributed by atoms with Gasteiger partial charge in [-0.2, -0.15) is 12.6 Å². The van der Waals surface area contributed by atoms with Gasteiger partial charge >= 0.3 is 51.4 Å². The third-order valence-corrected chi connectivity index (χ3v) is 1.79. The van der Waals surface area contributed by atoms with Gasteiger partial charge in [0, 0.05) is 5.75 Å². The summed E-state index contributed by atoms with van der Waals surface area (Å²) in [6, 6.07) is 7.73. The molecule has 0 atom stereocenters. The summed E-state index contributed by atoms with van der Waals surface area (Å²) in [4.78, 5) is 0. The first-order valence-electron chi connectivity index (χ1n) is 3.35. The van der Waals surface area contributed by atoms with Crippen LogP contribution in [-0.4, -0.2) is 0 Å². The van der Waals surface area contributed by atoms with Crippen molar-refractivity contribution in [2.45, 2.75) is 5.75 Å². The van der Waals surface area contributed by atoms with Gasteiger partial charge in [-0.3, -0.25) is 0 Å². The van der Waals surface area contributed by atoms with Crippen LogP contribution in [0, 0.1) is 0 Å². The minimum atomic E-state index is 0. The van der Waals surface area contributed by atoms with Gasteiger partial charge in [0.1, 0.15) is 0 Å². The second-order valence-corrected chi connectivity index (χ2v) is 2.52. The number of benzene rings is 1. The van der Waals surface area contributed by atoms with Crippen molar-refractivity contribution in [1.82, 2.24) is 0 Å². The molecule has 0 saturated heterocycles. The molecule has 0 unspecified atom stereocenters. The van der Waals surface area contributed by atoms with Crippen LogP contribution in [-0.2, 0) is 5.75 Å². The van der Waals surface area contributed by atoms with E-state index >= 15 is 0 Å². The average Bonchev–Trinajstić information content (AvgIpc) is 2.07. The first-order chi connectivity index (χ1) is 5.36. The molecule has 0 N–H and O–H groups in total. The number of hydrogen-bond donors (Lipinski definition) is 1. The molecule has 1 aromatic rings. The zero-order valence-corrected chi connectivity index (χ0v) is 11.0. The molecule has 0 radical (unpaired) electrons. The molecule has 0 saturated carbocycles. The summed E-state index contributed by atoms with van der Waals surface area (Å²) in [6.07, 6.45) is 2.32. The third-order valence-electron chi connectivity index (χ3n) is 1.42. The van der Waals surface area contributed by atoms with Gasteiger partial charge in [0.15, 0.2) is 0 Å². The second-order valence-electron chi connectivity index (χ2n) is 2.20. The van der Waals surface area contributed by atoms with E-state index in [9.17, 15) is 5.11 Å². The zero-order valence-electron chi connectivity index (χ0n) is 7.03. The van der Waals surface area contributed by atoms with Gasteiger partial charge in [0.05, 0.1) is 0 Å². The van der Waals surface area contributed by atoms with E-state index in [0.717, 1.165) is 23.1 Å². The SMILES string of the molecule is [K+].[O-]/C=C/c1ccc(CS)cc1. The molecule has 0 aromatic heterocycles. The minimum absolute atomic E-state index is 0. The van der Waals surface area contributed by atoms with Crippen molar-refractivity contribution in [2.24, 2.45) is 0 Å². The Bertz CT molecular complexity index is 243. The largest absolute Gasteiger partial charge is 1.00 e. The first-order valence-corrected chi connectivity index (χ1v) is 3.98. The van der Waals surface area contributed by atoms with Gasteiger partial charge in [0.25, 0.3) is 0 Å². The molecule has 1 nitrogen and oxygen atoms in total. The van der Waals surface area contributed by atoms with E-state index in [2.05, 4.69) is 12.6 Å². The maximum Gasteiger partial charge on any atom is 1.00 e. The zero-order chi connectivity index (χ0) is 8.10. The molecule has 12 heavy (non-hydrogen) atoms. The molecule has 58 valence electrons. The van der Waals surface area contributed by atoms with Crippen LogP contribution < -0.4 is 56.5 Å². The smallest absolute Gasteiger partial charge is 0.878 e. The monoisotopic (exact) mass is 204 g/mol. The number of rotatable bonds is 2. The Hall–Kier alpha value is 0.746. The van der Waals surface area contributed by atoms with Crippen LogP contribution in [0.3, 0.4) is 0 Å². The van der Waals surface area contributed by atoms with Crippen molar-refractivity contribution in [2.75, 3.05) is 0 Å². The van der Waals surface area contributed by atoms with E-state index in [-0.39, 0.29) is 51.4 Å². The molecule has 3 heteroatoms. The molecule has 1 rings (SSSR count). The Labute approximate surface area is 121 Å². The summed E-state index contributed by atoms with van der Waals surface area (Å²) in [5.41, 5.74) is 2.10. The van der Waals surface area contributed by atoms with Crippen molar-refractivity contribution in [3.05, 3.63) is 41.7 Å². The Kier molecular flexibility index (Phi) is 7.63. The van der Waals surface area contributed by atoms with Gasteiger partial charge in [-0.15, -0.1) is 6.26 Å². The van der Waals surface area contributed by atoms with Crippen molar-refractivity contribution >= 4 is 18.7 Å². The molecule has 0 heterocycles. The van der Waals surface area contributed by atoms with Gasteiger partial charge < -0.3 is 5.11 Å². The normalized spacial score (nSPS) is 9.75. The summed E-state index contributed by atoms with van der Waals surface area (Å²) in [5.74, 6) is 0.737. The Morgan fingerprint density at radius 1 is 1.25 bits per heavy atom. The van der Waals surface area contributed by atoms with E-state index in [1.165, 1.54) is 6.08 Å². The summed E-state index contributed by atoms with van der Waals surface area (Å²) in [6.45, 7) is 0. The molecule has 0 aliphatic rings. The Morgan fingerprint density at radius 3 is 2.25 bits per heavy atom. The molecule has 1 aromatic carbocycles. The van der Waals surface area contributed by atoms with E-state index in [4.69, 9.17) is 0 Å². The van der Waals surface area contributed by atoms with Crippen molar-refractivity contribution < 1.29 is 56.5 Å². The van der Waals surface area contributed by atoms with Crippen LogP contribution in [0.1, 0.15) is 11.1 Å². The van der Waals surface area contributed by atoms with E-state index in [1.54, 1.807) is 0 Å². The standard InChI is InChI=1S/C9H10OS.K/c10-6-5-8-1-3-9(7-11)4-2-8;/h1-6,10-11H,7H2;/q;+1/p-1/b6-5+;. The van der Waals surface area contributed by atoms with E-state index in [0.29, 0.717) is 0 Å². The fourth-order valence-electron chi connectivity index (χ4n) is 0.813. The van der Waals surface area contributed by atoms with Gasteiger partial charge in [-0.25, -0.2) is 0 Å². The quantitative estimate of drug-likeness (QED) is 0.352. The number of thiol groups is 1. The molecule has 0 aliphatic heterocycles. The molecule has 0 spiro atoms. The summed E-state index contributed by atoms with van der Waals surface area (Å²) < 4.78 is 0. The Morgan fingerprint density at radius 2 is 1.83 bits per heavy atom. The van der Waals surface area contributed by atoms with Gasteiger partial charge in [-0.1, -0.05) is 30.3 Å². The van der Waals surface area contributed by atoms with Crippen molar-refractivity contribution in [1.29, 1.82) is 0 Å². The van der Waals surface area contributed by atoms with Crippen LogP contribution in [0.5, 0.6) is 0 Å². The number of hydrogen-bond acceptors (Lipinski definition) is 2.